The minimum Gasteiger partial charge on any atom is -0.447 e. The molecule has 1 N–H and O–H groups in total. The number of hydrogen-bond acceptors (Lipinski definition) is 6. The summed E-state index contributed by atoms with van der Waals surface area (Å²) in [6.45, 7) is 12.4. The molecule has 35 heavy (non-hydrogen) atoms. The highest BCUT2D eigenvalue weighted by atomic mass is 16.5. The molecule has 186 valence electrons. The Balaban J connectivity index is 1.42. The molecular weight excluding hydrogens is 440 g/mol. The molecule has 1 aromatic heterocycles. The van der Waals surface area contributed by atoms with Crippen LogP contribution >= 0.6 is 0 Å². The molecule has 1 atom stereocenters. The van der Waals surface area contributed by atoms with Crippen molar-refractivity contribution in [3.8, 4) is 0 Å². The van der Waals surface area contributed by atoms with Crippen LogP contribution in [0, 0.1) is 13.8 Å². The summed E-state index contributed by atoms with van der Waals surface area (Å²) in [6.07, 6.45) is 1.46. The lowest BCUT2D eigenvalue weighted by Crippen LogP contribution is -2.41. The van der Waals surface area contributed by atoms with Gasteiger partial charge in [-0.1, -0.05) is 54.1 Å². The highest BCUT2D eigenvalue weighted by molar-refractivity contribution is 5.91. The topological polar surface area (TPSA) is 70.8 Å². The van der Waals surface area contributed by atoms with Crippen molar-refractivity contribution in [2.24, 2.45) is 0 Å². The molecule has 7 heteroatoms. The van der Waals surface area contributed by atoms with Gasteiger partial charge in [0.25, 0.3) is 5.91 Å². The van der Waals surface area contributed by atoms with Crippen molar-refractivity contribution >= 4 is 5.91 Å². The van der Waals surface area contributed by atoms with Crippen molar-refractivity contribution in [3.05, 3.63) is 88.6 Å². The van der Waals surface area contributed by atoms with Crippen molar-refractivity contribution in [2.45, 2.75) is 39.9 Å². The van der Waals surface area contributed by atoms with Gasteiger partial charge in [0.1, 0.15) is 6.26 Å². The Labute approximate surface area is 208 Å². The molecule has 0 unspecified atom stereocenters. The lowest BCUT2D eigenvalue weighted by atomic mass is 10.0. The van der Waals surface area contributed by atoms with Crippen LogP contribution in [-0.2, 0) is 17.8 Å². The quantitative estimate of drug-likeness (QED) is 0.475. The summed E-state index contributed by atoms with van der Waals surface area (Å²) < 4.78 is 11.1. The molecule has 7 nitrogen and oxygen atoms in total. The lowest BCUT2D eigenvalue weighted by Gasteiger charge is -2.29. The average Bonchev–Trinajstić information content (AvgIpc) is 3.35. The Hall–Kier alpha value is -3.00. The van der Waals surface area contributed by atoms with E-state index in [1.165, 1.54) is 28.5 Å². The van der Waals surface area contributed by atoms with Crippen molar-refractivity contribution < 1.29 is 13.9 Å². The first-order chi connectivity index (χ1) is 17.0. The average molecular weight is 477 g/mol. The Morgan fingerprint density at radius 1 is 1.11 bits per heavy atom. The van der Waals surface area contributed by atoms with E-state index in [2.05, 4.69) is 83.3 Å². The van der Waals surface area contributed by atoms with Gasteiger partial charge < -0.3 is 14.5 Å². The zero-order valence-electron chi connectivity index (χ0n) is 21.0. The monoisotopic (exact) mass is 476 g/mol. The number of nitrogens with zero attached hydrogens (tertiary/aromatic N) is 3. The fourth-order valence-electron chi connectivity index (χ4n) is 4.37. The maximum atomic E-state index is 12.6. The standard InChI is InChI=1S/C28H36N4O3/c1-21-9-10-22(2)25(17-21)18-32(23(3)24-7-5-4-6-8-24)19-27-30-26(20-35-27)28(33)29-11-12-31-13-15-34-16-14-31/h4-10,17,20,23H,11-16,18-19H2,1-3H3,(H,29,33)/t23-/m0/s1. The predicted molar refractivity (Wildman–Crippen MR) is 136 cm³/mol. The van der Waals surface area contributed by atoms with Crippen LogP contribution in [0.5, 0.6) is 0 Å². The normalized spacial score (nSPS) is 15.3. The molecule has 1 amide bonds. The summed E-state index contributed by atoms with van der Waals surface area (Å²) >= 11 is 0. The molecule has 2 heterocycles. The van der Waals surface area contributed by atoms with E-state index in [1.54, 1.807) is 0 Å². The molecule has 0 saturated carbocycles. The fourth-order valence-corrected chi connectivity index (χ4v) is 4.37. The summed E-state index contributed by atoms with van der Waals surface area (Å²) in [5.74, 6) is 0.335. The number of nitrogens with one attached hydrogen (secondary N) is 1. The molecule has 1 fully saturated rings. The maximum absolute atomic E-state index is 12.6. The molecule has 0 aliphatic carbocycles. The molecule has 0 spiro atoms. The van der Waals surface area contributed by atoms with E-state index in [9.17, 15) is 4.79 Å². The van der Waals surface area contributed by atoms with E-state index in [4.69, 9.17) is 9.15 Å². The number of ether oxygens (including phenoxy) is 1. The van der Waals surface area contributed by atoms with Crippen LogP contribution in [0.3, 0.4) is 0 Å². The second-order valence-electron chi connectivity index (χ2n) is 9.26. The highest BCUT2D eigenvalue weighted by Crippen LogP contribution is 2.26. The lowest BCUT2D eigenvalue weighted by molar-refractivity contribution is 0.0383. The van der Waals surface area contributed by atoms with E-state index < -0.39 is 0 Å². The number of rotatable bonds is 10. The summed E-state index contributed by atoms with van der Waals surface area (Å²) in [6, 6.07) is 17.1. The third kappa shape index (κ3) is 7.01. The van der Waals surface area contributed by atoms with E-state index in [0.29, 0.717) is 24.7 Å². The van der Waals surface area contributed by atoms with Gasteiger partial charge in [-0.15, -0.1) is 0 Å². The minimum atomic E-state index is -0.203. The largest absolute Gasteiger partial charge is 0.447 e. The van der Waals surface area contributed by atoms with Gasteiger partial charge in [0, 0.05) is 38.8 Å². The minimum absolute atomic E-state index is 0.147. The third-order valence-electron chi connectivity index (χ3n) is 6.65. The Kier molecular flexibility index (Phi) is 8.69. The van der Waals surface area contributed by atoms with Crippen molar-refractivity contribution in [2.75, 3.05) is 39.4 Å². The molecule has 0 bridgehead atoms. The molecule has 1 saturated heterocycles. The summed E-state index contributed by atoms with van der Waals surface area (Å²) in [5.41, 5.74) is 5.32. The first-order valence-electron chi connectivity index (χ1n) is 12.4. The second kappa shape index (κ2) is 12.1. The zero-order chi connectivity index (χ0) is 24.6. The number of amides is 1. The molecule has 1 aliphatic rings. The van der Waals surface area contributed by atoms with Gasteiger partial charge in [0.2, 0.25) is 5.89 Å². The molecule has 3 aromatic rings. The van der Waals surface area contributed by atoms with Crippen LogP contribution in [-0.4, -0.2) is 60.1 Å². The van der Waals surface area contributed by atoms with Crippen molar-refractivity contribution in [3.63, 3.8) is 0 Å². The van der Waals surface area contributed by atoms with E-state index in [-0.39, 0.29) is 11.9 Å². The Bertz CT molecular complexity index is 1090. The van der Waals surface area contributed by atoms with Gasteiger partial charge >= 0.3 is 0 Å². The highest BCUT2D eigenvalue weighted by Gasteiger charge is 2.21. The maximum Gasteiger partial charge on any atom is 0.273 e. The number of oxazole rings is 1. The summed E-state index contributed by atoms with van der Waals surface area (Å²) in [4.78, 5) is 21.8. The zero-order valence-corrected chi connectivity index (χ0v) is 21.0. The predicted octanol–water partition coefficient (Wildman–Crippen LogP) is 4.12. The second-order valence-corrected chi connectivity index (χ2v) is 9.26. The van der Waals surface area contributed by atoms with E-state index in [1.807, 2.05) is 6.07 Å². The number of morpholine rings is 1. The number of carbonyl (C=O) groups excluding carboxylic acids is 1. The SMILES string of the molecule is Cc1ccc(C)c(CN(Cc2nc(C(=O)NCCN3CCOCC3)co2)[C@@H](C)c2ccccc2)c1. The van der Waals surface area contributed by atoms with Crippen molar-refractivity contribution in [1.82, 2.24) is 20.1 Å². The Morgan fingerprint density at radius 2 is 1.89 bits per heavy atom. The molecule has 1 aliphatic heterocycles. The van der Waals surface area contributed by atoms with Crippen LogP contribution in [0.15, 0.2) is 59.2 Å². The Morgan fingerprint density at radius 3 is 2.66 bits per heavy atom. The van der Waals surface area contributed by atoms with E-state index >= 15 is 0 Å². The van der Waals surface area contributed by atoms with Crippen LogP contribution < -0.4 is 5.32 Å². The fraction of sp³-hybridized carbons (Fsp3) is 0.429. The molecular formula is C28H36N4O3. The number of hydrogen-bond donors (Lipinski definition) is 1. The summed E-state index contributed by atoms with van der Waals surface area (Å²) in [5, 5.41) is 2.96. The van der Waals surface area contributed by atoms with Gasteiger partial charge in [-0.3, -0.25) is 14.6 Å². The van der Waals surface area contributed by atoms with Gasteiger partial charge in [-0.25, -0.2) is 4.98 Å². The van der Waals surface area contributed by atoms with Gasteiger partial charge in [0.15, 0.2) is 5.69 Å². The number of aromatic nitrogens is 1. The first-order valence-corrected chi connectivity index (χ1v) is 12.4. The summed E-state index contributed by atoms with van der Waals surface area (Å²) in [7, 11) is 0. The molecule has 0 radical (unpaired) electrons. The van der Waals surface area contributed by atoms with Gasteiger partial charge in [-0.2, -0.15) is 0 Å². The van der Waals surface area contributed by atoms with Crippen LogP contribution in [0.1, 0.15) is 51.6 Å². The third-order valence-corrected chi connectivity index (χ3v) is 6.65. The van der Waals surface area contributed by atoms with Crippen molar-refractivity contribution in [1.29, 1.82) is 0 Å². The van der Waals surface area contributed by atoms with Crippen LogP contribution in [0.25, 0.3) is 0 Å². The van der Waals surface area contributed by atoms with Crippen LogP contribution in [0.2, 0.25) is 0 Å². The van der Waals surface area contributed by atoms with E-state index in [0.717, 1.165) is 39.4 Å². The smallest absolute Gasteiger partial charge is 0.273 e. The number of carbonyl (C=O) groups is 1. The van der Waals surface area contributed by atoms with Gasteiger partial charge in [0.05, 0.1) is 19.8 Å². The number of benzene rings is 2. The number of aryl methyl sites for hydroxylation is 2. The molecule has 2 aromatic carbocycles. The first kappa shape index (κ1) is 25.1. The van der Waals surface area contributed by atoms with Gasteiger partial charge in [-0.05, 0) is 37.5 Å². The van der Waals surface area contributed by atoms with Crippen LogP contribution in [0.4, 0.5) is 0 Å². The molecule has 4 rings (SSSR count).